The summed E-state index contributed by atoms with van der Waals surface area (Å²) < 4.78 is 5.66. The molecule has 2 aromatic carbocycles. The Hall–Kier alpha value is -3.35. The number of hydrogen-bond acceptors (Lipinski definition) is 4. The van der Waals surface area contributed by atoms with Gasteiger partial charge in [0.25, 0.3) is 0 Å². The number of likely N-dealkylation sites (tertiary alicyclic amines) is 2. The van der Waals surface area contributed by atoms with E-state index in [4.69, 9.17) is 4.74 Å². The van der Waals surface area contributed by atoms with Crippen LogP contribution in [0.4, 0.5) is 4.79 Å². The highest BCUT2D eigenvalue weighted by molar-refractivity contribution is 5.90. The van der Waals surface area contributed by atoms with Crippen molar-refractivity contribution >= 4 is 17.9 Å². The van der Waals surface area contributed by atoms with Crippen molar-refractivity contribution in [3.63, 3.8) is 0 Å². The molecule has 1 aliphatic carbocycles. The van der Waals surface area contributed by atoms with Gasteiger partial charge in [-0.3, -0.25) is 9.59 Å². The summed E-state index contributed by atoms with van der Waals surface area (Å²) in [5.41, 5.74) is 3.06. The van der Waals surface area contributed by atoms with Gasteiger partial charge in [0.15, 0.2) is 0 Å². The van der Waals surface area contributed by atoms with Crippen LogP contribution in [0.5, 0.6) is 0 Å². The molecule has 5 rings (SSSR count). The molecule has 2 heterocycles. The standard InChI is InChI=1S/C29H35N3O4/c1-28(2,3)25(33)32-15-18-14-31(16-24(18)32)26(34)29(4,5)30-27(35)36-17-23-21-12-8-6-10-19(21)20-11-7-9-13-22(20)23/h6-13,18,23-24H,14-17H2,1-5H3,(H,30,35)/t18-,24+/m1/s1. The number of carbonyl (C=O) groups is 3. The highest BCUT2D eigenvalue weighted by Gasteiger charge is 2.52. The molecular formula is C29H35N3O4. The van der Waals surface area contributed by atoms with Crippen molar-refractivity contribution in [2.24, 2.45) is 11.3 Å². The van der Waals surface area contributed by atoms with E-state index in [2.05, 4.69) is 29.6 Å². The number of hydrogen-bond donors (Lipinski definition) is 1. The Labute approximate surface area is 212 Å². The molecule has 36 heavy (non-hydrogen) atoms. The van der Waals surface area contributed by atoms with Crippen molar-refractivity contribution in [1.29, 1.82) is 0 Å². The molecule has 0 spiro atoms. The third-order valence-electron chi connectivity index (χ3n) is 7.72. The molecule has 3 aliphatic rings. The molecule has 2 saturated heterocycles. The predicted molar refractivity (Wildman–Crippen MR) is 137 cm³/mol. The van der Waals surface area contributed by atoms with E-state index < -0.39 is 17.0 Å². The number of carbonyl (C=O) groups excluding carboxylic acids is 3. The second-order valence-electron chi connectivity index (χ2n) is 11.8. The second kappa shape index (κ2) is 8.64. The molecule has 0 unspecified atom stereocenters. The van der Waals surface area contributed by atoms with Gasteiger partial charge in [-0.25, -0.2) is 4.79 Å². The zero-order chi connectivity index (χ0) is 25.8. The average molecular weight is 490 g/mol. The predicted octanol–water partition coefficient (Wildman–Crippen LogP) is 4.02. The van der Waals surface area contributed by atoms with E-state index in [0.717, 1.165) is 11.1 Å². The normalized spacial score (nSPS) is 20.8. The summed E-state index contributed by atoms with van der Waals surface area (Å²) in [6, 6.07) is 16.4. The Balaban J connectivity index is 1.19. The number of alkyl carbamates (subject to hydrolysis) is 1. The van der Waals surface area contributed by atoms with Crippen LogP contribution in [0.1, 0.15) is 51.7 Å². The lowest BCUT2D eigenvalue weighted by Crippen LogP contribution is -2.60. The summed E-state index contributed by atoms with van der Waals surface area (Å²) in [4.78, 5) is 42.5. The van der Waals surface area contributed by atoms with Crippen molar-refractivity contribution in [1.82, 2.24) is 15.1 Å². The van der Waals surface area contributed by atoms with Gasteiger partial charge in [0.05, 0.1) is 6.04 Å². The van der Waals surface area contributed by atoms with Gasteiger partial charge in [-0.05, 0) is 36.1 Å². The van der Waals surface area contributed by atoms with E-state index in [1.807, 2.05) is 49.9 Å². The van der Waals surface area contributed by atoms with E-state index in [1.54, 1.807) is 18.7 Å². The lowest BCUT2D eigenvalue weighted by Gasteiger charge is -2.46. The van der Waals surface area contributed by atoms with E-state index in [1.165, 1.54) is 11.1 Å². The molecule has 0 radical (unpaired) electrons. The fourth-order valence-electron chi connectivity index (χ4n) is 5.81. The number of nitrogens with zero attached hydrogens (tertiary/aromatic N) is 2. The van der Waals surface area contributed by atoms with Gasteiger partial charge in [0.2, 0.25) is 11.8 Å². The number of rotatable bonds is 4. The summed E-state index contributed by atoms with van der Waals surface area (Å²) in [5, 5.41) is 2.78. The zero-order valence-electron chi connectivity index (χ0n) is 21.7. The van der Waals surface area contributed by atoms with E-state index in [-0.39, 0.29) is 30.4 Å². The first-order chi connectivity index (χ1) is 17.0. The Morgan fingerprint density at radius 1 is 0.861 bits per heavy atom. The molecule has 3 amide bonds. The fraction of sp³-hybridized carbons (Fsp3) is 0.483. The van der Waals surface area contributed by atoms with Gasteiger partial charge in [0.1, 0.15) is 12.1 Å². The third kappa shape index (κ3) is 4.14. The number of fused-ring (bicyclic) bond motifs is 4. The lowest BCUT2D eigenvalue weighted by atomic mass is 9.86. The van der Waals surface area contributed by atoms with Crippen molar-refractivity contribution in [3.8, 4) is 11.1 Å². The maximum atomic E-state index is 13.3. The summed E-state index contributed by atoms with van der Waals surface area (Å²) in [7, 11) is 0. The second-order valence-corrected chi connectivity index (χ2v) is 11.8. The van der Waals surface area contributed by atoms with Crippen LogP contribution in [0, 0.1) is 11.3 Å². The minimum absolute atomic E-state index is 0.0393. The molecular weight excluding hydrogens is 454 g/mol. The monoisotopic (exact) mass is 489 g/mol. The minimum atomic E-state index is -1.12. The molecule has 0 saturated carbocycles. The van der Waals surface area contributed by atoms with Crippen LogP contribution in [0.15, 0.2) is 48.5 Å². The first kappa shape index (κ1) is 24.3. The lowest BCUT2D eigenvalue weighted by molar-refractivity contribution is -0.150. The summed E-state index contributed by atoms with van der Waals surface area (Å²) in [6.07, 6.45) is -0.609. The molecule has 190 valence electrons. The van der Waals surface area contributed by atoms with Gasteiger partial charge in [-0.1, -0.05) is 69.3 Å². The van der Waals surface area contributed by atoms with Crippen molar-refractivity contribution in [2.75, 3.05) is 26.2 Å². The van der Waals surface area contributed by atoms with Crippen LogP contribution >= 0.6 is 0 Å². The first-order valence-corrected chi connectivity index (χ1v) is 12.7. The molecule has 2 aliphatic heterocycles. The van der Waals surface area contributed by atoms with Gasteiger partial charge in [0, 0.05) is 36.9 Å². The Bertz CT molecular complexity index is 1170. The highest BCUT2D eigenvalue weighted by Crippen LogP contribution is 2.44. The SMILES string of the molecule is CC(C)(C)C(=O)N1C[C@H]2CN(C(=O)C(C)(C)NC(=O)OCC3c4ccccc4-c4ccccc43)C[C@@H]21. The molecule has 0 aromatic heterocycles. The smallest absolute Gasteiger partial charge is 0.408 e. The minimum Gasteiger partial charge on any atom is -0.449 e. The highest BCUT2D eigenvalue weighted by atomic mass is 16.5. The average Bonchev–Trinajstić information content (AvgIpc) is 3.31. The maximum Gasteiger partial charge on any atom is 0.408 e. The summed E-state index contributed by atoms with van der Waals surface area (Å²) >= 11 is 0. The Kier molecular flexibility index (Phi) is 5.85. The van der Waals surface area contributed by atoms with Crippen LogP contribution in [0.2, 0.25) is 0 Å². The number of nitrogens with one attached hydrogen (secondary N) is 1. The maximum absolute atomic E-state index is 13.3. The number of ether oxygens (including phenoxy) is 1. The number of benzene rings is 2. The quantitative estimate of drug-likeness (QED) is 0.704. The zero-order valence-corrected chi connectivity index (χ0v) is 21.7. The van der Waals surface area contributed by atoms with Crippen LogP contribution < -0.4 is 5.32 Å². The largest absolute Gasteiger partial charge is 0.449 e. The summed E-state index contributed by atoms with van der Waals surface area (Å²) in [6.45, 7) is 11.1. The Morgan fingerprint density at radius 3 is 2.03 bits per heavy atom. The van der Waals surface area contributed by atoms with Crippen LogP contribution in [0.3, 0.4) is 0 Å². The molecule has 7 nitrogen and oxygen atoms in total. The van der Waals surface area contributed by atoms with Crippen molar-refractivity contribution < 1.29 is 19.1 Å². The first-order valence-electron chi connectivity index (χ1n) is 12.7. The molecule has 2 atom stereocenters. The molecule has 2 fully saturated rings. The fourth-order valence-corrected chi connectivity index (χ4v) is 5.81. The molecule has 7 heteroatoms. The topological polar surface area (TPSA) is 79.0 Å². The number of amides is 3. The van der Waals surface area contributed by atoms with Gasteiger partial charge in [-0.2, -0.15) is 0 Å². The molecule has 1 N–H and O–H groups in total. The van der Waals surface area contributed by atoms with Gasteiger partial charge < -0.3 is 19.9 Å². The van der Waals surface area contributed by atoms with Gasteiger partial charge >= 0.3 is 6.09 Å². The third-order valence-corrected chi connectivity index (χ3v) is 7.72. The summed E-state index contributed by atoms with van der Waals surface area (Å²) in [5.74, 6) is 0.218. The van der Waals surface area contributed by atoms with E-state index in [9.17, 15) is 14.4 Å². The molecule has 2 aromatic rings. The van der Waals surface area contributed by atoms with Crippen LogP contribution in [-0.2, 0) is 14.3 Å². The van der Waals surface area contributed by atoms with Gasteiger partial charge in [-0.15, -0.1) is 0 Å². The Morgan fingerprint density at radius 2 is 1.44 bits per heavy atom. The molecule has 0 bridgehead atoms. The van der Waals surface area contributed by atoms with E-state index in [0.29, 0.717) is 25.6 Å². The van der Waals surface area contributed by atoms with Crippen molar-refractivity contribution in [2.45, 2.75) is 52.1 Å². The van der Waals surface area contributed by atoms with Crippen LogP contribution in [-0.4, -0.2) is 65.5 Å². The van der Waals surface area contributed by atoms with Crippen molar-refractivity contribution in [3.05, 3.63) is 59.7 Å². The van der Waals surface area contributed by atoms with E-state index >= 15 is 0 Å². The van der Waals surface area contributed by atoms with Crippen LogP contribution in [0.25, 0.3) is 11.1 Å².